The van der Waals surface area contributed by atoms with Gasteiger partial charge in [0.05, 0.1) is 11.4 Å². The van der Waals surface area contributed by atoms with Gasteiger partial charge in [-0.3, -0.25) is 4.79 Å². The molecule has 3 aromatic rings. The number of hydrogen-bond donors (Lipinski definition) is 1. The molecular formula is C19H22N4O. The van der Waals surface area contributed by atoms with Gasteiger partial charge < -0.3 is 9.88 Å². The van der Waals surface area contributed by atoms with Gasteiger partial charge in [-0.2, -0.15) is 5.10 Å². The highest BCUT2D eigenvalue weighted by Crippen LogP contribution is 2.22. The van der Waals surface area contributed by atoms with Crippen LogP contribution in [0.2, 0.25) is 0 Å². The zero-order valence-corrected chi connectivity index (χ0v) is 14.3. The number of carbonyl (C=O) groups excluding carboxylic acids is 1. The number of rotatable bonds is 5. The van der Waals surface area contributed by atoms with Crippen LogP contribution in [0.5, 0.6) is 0 Å². The number of benzene rings is 1. The maximum Gasteiger partial charge on any atom is 0.270 e. The fourth-order valence-corrected chi connectivity index (χ4v) is 2.61. The van der Waals surface area contributed by atoms with E-state index in [4.69, 9.17) is 0 Å². The normalized spacial score (nSPS) is 10.8. The molecule has 0 unspecified atom stereocenters. The minimum absolute atomic E-state index is 0.106. The van der Waals surface area contributed by atoms with Gasteiger partial charge in [0, 0.05) is 19.8 Å². The lowest BCUT2D eigenvalue weighted by molar-refractivity contribution is 0.0946. The maximum atomic E-state index is 12.6. The van der Waals surface area contributed by atoms with E-state index in [-0.39, 0.29) is 5.91 Å². The molecule has 2 aromatic heterocycles. The third-order valence-corrected chi connectivity index (χ3v) is 3.96. The summed E-state index contributed by atoms with van der Waals surface area (Å²) in [4.78, 5) is 12.6. The second-order valence-electron chi connectivity index (χ2n) is 5.92. The van der Waals surface area contributed by atoms with Crippen molar-refractivity contribution in [2.24, 2.45) is 7.05 Å². The van der Waals surface area contributed by atoms with E-state index in [1.165, 1.54) is 5.56 Å². The van der Waals surface area contributed by atoms with Gasteiger partial charge in [0.25, 0.3) is 5.91 Å². The molecule has 5 nitrogen and oxygen atoms in total. The average Bonchev–Trinajstić information content (AvgIpc) is 3.19. The quantitative estimate of drug-likeness (QED) is 0.783. The SMILES string of the molecule is CCCNC(=O)c1cc(-c2cccn2C)nn1-c1ccc(C)cc1. The number of nitrogens with one attached hydrogen (secondary N) is 1. The Balaban J connectivity index is 2.07. The van der Waals surface area contributed by atoms with Gasteiger partial charge in [0.2, 0.25) is 0 Å². The van der Waals surface area contributed by atoms with Crippen LogP contribution < -0.4 is 5.32 Å². The van der Waals surface area contributed by atoms with E-state index in [2.05, 4.69) is 10.4 Å². The first-order chi connectivity index (χ1) is 11.6. The number of carbonyl (C=O) groups is 1. The molecule has 0 aliphatic heterocycles. The summed E-state index contributed by atoms with van der Waals surface area (Å²) >= 11 is 0. The lowest BCUT2D eigenvalue weighted by Gasteiger charge is -2.08. The number of amides is 1. The maximum absolute atomic E-state index is 12.6. The van der Waals surface area contributed by atoms with E-state index in [0.717, 1.165) is 23.5 Å². The summed E-state index contributed by atoms with van der Waals surface area (Å²) in [6, 6.07) is 13.8. The van der Waals surface area contributed by atoms with Gasteiger partial charge >= 0.3 is 0 Å². The highest BCUT2D eigenvalue weighted by molar-refractivity contribution is 5.94. The molecule has 0 aliphatic carbocycles. The molecule has 0 saturated heterocycles. The van der Waals surface area contributed by atoms with Crippen LogP contribution in [0.3, 0.4) is 0 Å². The fraction of sp³-hybridized carbons (Fsp3) is 0.263. The van der Waals surface area contributed by atoms with Crippen LogP contribution in [0.4, 0.5) is 0 Å². The largest absolute Gasteiger partial charge is 0.351 e. The minimum atomic E-state index is -0.106. The number of aryl methyl sites for hydroxylation is 2. The summed E-state index contributed by atoms with van der Waals surface area (Å²) in [5, 5.41) is 7.61. The van der Waals surface area contributed by atoms with Gasteiger partial charge in [0.15, 0.2) is 0 Å². The number of aromatic nitrogens is 3. The Labute approximate surface area is 141 Å². The monoisotopic (exact) mass is 322 g/mol. The van der Waals surface area contributed by atoms with Crippen LogP contribution >= 0.6 is 0 Å². The summed E-state index contributed by atoms with van der Waals surface area (Å²) in [5.41, 5.74) is 4.35. The van der Waals surface area contributed by atoms with E-state index < -0.39 is 0 Å². The van der Waals surface area contributed by atoms with Crippen LogP contribution in [0.1, 0.15) is 29.4 Å². The highest BCUT2D eigenvalue weighted by atomic mass is 16.2. The molecule has 3 rings (SSSR count). The van der Waals surface area contributed by atoms with Crippen LogP contribution in [-0.4, -0.2) is 26.8 Å². The lowest BCUT2D eigenvalue weighted by Crippen LogP contribution is -2.26. The first-order valence-corrected chi connectivity index (χ1v) is 8.17. The second-order valence-corrected chi connectivity index (χ2v) is 5.92. The average molecular weight is 322 g/mol. The Morgan fingerprint density at radius 1 is 1.21 bits per heavy atom. The predicted octanol–water partition coefficient (Wildman–Crippen LogP) is 3.33. The minimum Gasteiger partial charge on any atom is -0.351 e. The van der Waals surface area contributed by atoms with Crippen molar-refractivity contribution in [3.63, 3.8) is 0 Å². The van der Waals surface area contributed by atoms with Crippen LogP contribution in [0, 0.1) is 6.92 Å². The van der Waals surface area contributed by atoms with E-state index >= 15 is 0 Å². The molecule has 0 fully saturated rings. The van der Waals surface area contributed by atoms with Crippen LogP contribution in [0.15, 0.2) is 48.7 Å². The first kappa shape index (κ1) is 16.1. The van der Waals surface area contributed by atoms with Crippen molar-refractivity contribution in [3.05, 3.63) is 59.9 Å². The van der Waals surface area contributed by atoms with Gasteiger partial charge in [-0.05, 0) is 43.7 Å². The Morgan fingerprint density at radius 2 is 1.96 bits per heavy atom. The summed E-state index contributed by atoms with van der Waals surface area (Å²) in [7, 11) is 1.97. The Kier molecular flexibility index (Phi) is 4.51. The third-order valence-electron chi connectivity index (χ3n) is 3.96. The molecule has 1 amide bonds. The molecule has 1 aromatic carbocycles. The van der Waals surface area contributed by atoms with E-state index in [1.807, 2.05) is 74.1 Å². The molecule has 24 heavy (non-hydrogen) atoms. The van der Waals surface area contributed by atoms with Gasteiger partial charge in [-0.25, -0.2) is 4.68 Å². The molecule has 0 saturated carbocycles. The highest BCUT2D eigenvalue weighted by Gasteiger charge is 2.18. The topological polar surface area (TPSA) is 51.9 Å². The zero-order chi connectivity index (χ0) is 17.1. The van der Waals surface area contributed by atoms with Crippen molar-refractivity contribution >= 4 is 5.91 Å². The second kappa shape index (κ2) is 6.74. The van der Waals surface area contributed by atoms with Crippen molar-refractivity contribution in [1.82, 2.24) is 19.7 Å². The van der Waals surface area contributed by atoms with Crippen molar-refractivity contribution in [2.45, 2.75) is 20.3 Å². The van der Waals surface area contributed by atoms with Crippen molar-refractivity contribution in [3.8, 4) is 17.1 Å². The standard InChI is InChI=1S/C19H22N4O/c1-4-11-20-19(24)18-13-16(17-6-5-12-22(17)3)21-23(18)15-9-7-14(2)8-10-15/h5-10,12-13H,4,11H2,1-3H3,(H,20,24). The molecule has 0 atom stereocenters. The molecule has 0 radical (unpaired) electrons. The molecule has 1 N–H and O–H groups in total. The van der Waals surface area contributed by atoms with Crippen LogP contribution in [0.25, 0.3) is 17.1 Å². The number of hydrogen-bond acceptors (Lipinski definition) is 2. The van der Waals surface area contributed by atoms with Gasteiger partial charge in [-0.15, -0.1) is 0 Å². The molecule has 124 valence electrons. The molecular weight excluding hydrogens is 300 g/mol. The Bertz CT molecular complexity index is 843. The molecule has 2 heterocycles. The van der Waals surface area contributed by atoms with Crippen molar-refractivity contribution in [2.75, 3.05) is 6.54 Å². The predicted molar refractivity (Wildman–Crippen MR) is 95.3 cm³/mol. The first-order valence-electron chi connectivity index (χ1n) is 8.17. The summed E-state index contributed by atoms with van der Waals surface area (Å²) in [5.74, 6) is -0.106. The van der Waals surface area contributed by atoms with E-state index in [9.17, 15) is 4.79 Å². The van der Waals surface area contributed by atoms with Gasteiger partial charge in [-0.1, -0.05) is 24.6 Å². The van der Waals surface area contributed by atoms with E-state index in [1.54, 1.807) is 4.68 Å². The number of nitrogens with zero attached hydrogens (tertiary/aromatic N) is 3. The Morgan fingerprint density at radius 3 is 2.58 bits per heavy atom. The molecule has 5 heteroatoms. The summed E-state index contributed by atoms with van der Waals surface area (Å²) in [6.07, 6.45) is 2.87. The lowest BCUT2D eigenvalue weighted by atomic mass is 10.2. The van der Waals surface area contributed by atoms with Crippen molar-refractivity contribution < 1.29 is 4.79 Å². The third kappa shape index (κ3) is 3.11. The zero-order valence-electron chi connectivity index (χ0n) is 14.3. The summed E-state index contributed by atoms with van der Waals surface area (Å²) < 4.78 is 3.71. The van der Waals surface area contributed by atoms with Crippen LogP contribution in [-0.2, 0) is 7.05 Å². The smallest absolute Gasteiger partial charge is 0.270 e. The molecule has 0 spiro atoms. The molecule has 0 bridgehead atoms. The fourth-order valence-electron chi connectivity index (χ4n) is 2.61. The molecule has 0 aliphatic rings. The van der Waals surface area contributed by atoms with Gasteiger partial charge in [0.1, 0.15) is 11.4 Å². The van der Waals surface area contributed by atoms with E-state index in [0.29, 0.717) is 12.2 Å². The summed E-state index contributed by atoms with van der Waals surface area (Å²) in [6.45, 7) is 4.72. The van der Waals surface area contributed by atoms with Crippen molar-refractivity contribution in [1.29, 1.82) is 0 Å². The Hall–Kier alpha value is -2.82.